The largest absolute Gasteiger partial charge is 0.347 e. The van der Waals surface area contributed by atoms with Gasteiger partial charge in [0.15, 0.2) is 0 Å². The predicted molar refractivity (Wildman–Crippen MR) is 73.4 cm³/mol. The van der Waals surface area contributed by atoms with Crippen LogP contribution in [0.3, 0.4) is 0 Å². The Kier molecular flexibility index (Phi) is 2.85. The second kappa shape index (κ2) is 4.73. The van der Waals surface area contributed by atoms with Crippen LogP contribution in [0.25, 0.3) is 0 Å². The number of fused-ring (bicyclic) bond motifs is 2. The van der Waals surface area contributed by atoms with Gasteiger partial charge >= 0.3 is 6.03 Å². The number of piperazine rings is 1. The summed E-state index contributed by atoms with van der Waals surface area (Å²) in [6.45, 7) is 3.11. The number of carbonyl (C=O) groups excluding carboxylic acids is 2. The Morgan fingerprint density at radius 1 is 1.38 bits per heavy atom. The molecule has 0 radical (unpaired) electrons. The zero-order valence-electron chi connectivity index (χ0n) is 11.6. The maximum absolute atomic E-state index is 12.7. The molecule has 4 rings (SSSR count). The van der Waals surface area contributed by atoms with E-state index in [1.807, 2.05) is 9.80 Å². The lowest BCUT2D eigenvalue weighted by molar-refractivity contribution is -0.135. The molecule has 0 aromatic carbocycles. The van der Waals surface area contributed by atoms with Crippen LogP contribution in [0.2, 0.25) is 0 Å². The van der Waals surface area contributed by atoms with Crippen LogP contribution >= 0.6 is 0 Å². The molecule has 1 aromatic rings. The number of amides is 3. The van der Waals surface area contributed by atoms with Crippen molar-refractivity contribution < 1.29 is 9.59 Å². The van der Waals surface area contributed by atoms with Crippen LogP contribution < -0.4 is 10.6 Å². The highest BCUT2D eigenvalue weighted by atomic mass is 16.2. The molecule has 112 valence electrons. The van der Waals surface area contributed by atoms with E-state index in [9.17, 15) is 9.59 Å². The van der Waals surface area contributed by atoms with Gasteiger partial charge in [-0.1, -0.05) is 0 Å². The van der Waals surface area contributed by atoms with Crippen molar-refractivity contribution in [3.8, 4) is 0 Å². The molecule has 3 N–H and O–H groups in total. The summed E-state index contributed by atoms with van der Waals surface area (Å²) in [5.41, 5.74) is 2.04. The van der Waals surface area contributed by atoms with E-state index in [0.717, 1.165) is 11.4 Å². The Bertz CT molecular complexity index is 585. The van der Waals surface area contributed by atoms with Crippen molar-refractivity contribution in [3.63, 3.8) is 0 Å². The first-order chi connectivity index (χ1) is 10.2. The van der Waals surface area contributed by atoms with E-state index >= 15 is 0 Å². The van der Waals surface area contributed by atoms with Crippen LogP contribution in [-0.4, -0.2) is 70.0 Å². The number of nitrogens with one attached hydrogen (secondary N) is 3. The van der Waals surface area contributed by atoms with Gasteiger partial charge in [0.05, 0.1) is 29.8 Å². The minimum atomic E-state index is -0.211. The van der Waals surface area contributed by atoms with E-state index < -0.39 is 0 Å². The number of aromatic amines is 1. The molecule has 3 aliphatic rings. The number of nitrogens with zero attached hydrogens (tertiary/aromatic N) is 3. The molecule has 0 bridgehead atoms. The van der Waals surface area contributed by atoms with Gasteiger partial charge < -0.3 is 20.1 Å². The highest BCUT2D eigenvalue weighted by Crippen LogP contribution is 2.18. The fourth-order valence-electron chi connectivity index (χ4n) is 3.37. The van der Waals surface area contributed by atoms with Gasteiger partial charge in [-0.2, -0.15) is 0 Å². The molecule has 4 heterocycles. The average Bonchev–Trinajstić information content (AvgIpc) is 3.12. The van der Waals surface area contributed by atoms with Gasteiger partial charge in [-0.05, 0) is 0 Å². The van der Waals surface area contributed by atoms with Crippen LogP contribution in [0.5, 0.6) is 0 Å². The first-order valence-electron chi connectivity index (χ1n) is 7.30. The molecule has 0 spiro atoms. The van der Waals surface area contributed by atoms with E-state index in [-0.39, 0.29) is 24.0 Å². The summed E-state index contributed by atoms with van der Waals surface area (Å²) in [5, 5.41) is 6.10. The molecular weight excluding hydrogens is 272 g/mol. The first kappa shape index (κ1) is 12.6. The molecular formula is C13H18N6O2. The van der Waals surface area contributed by atoms with E-state index in [1.165, 1.54) is 0 Å². The Morgan fingerprint density at radius 3 is 3.19 bits per heavy atom. The second-order valence-electron chi connectivity index (χ2n) is 5.78. The van der Waals surface area contributed by atoms with Crippen LogP contribution in [0.4, 0.5) is 4.79 Å². The van der Waals surface area contributed by atoms with Crippen LogP contribution in [0, 0.1) is 0 Å². The maximum Gasteiger partial charge on any atom is 0.317 e. The summed E-state index contributed by atoms with van der Waals surface area (Å²) in [6.07, 6.45) is 2.30. The van der Waals surface area contributed by atoms with Crippen molar-refractivity contribution in [3.05, 3.63) is 17.7 Å². The standard InChI is InChI=1S/C13H18N6O2/c20-12(10-3-9-11(5-14-10)17-7-16-9)18-1-2-19-8(6-18)4-15-13(19)21/h7-8,10,14H,1-6H2,(H,15,21)(H,16,17). The molecule has 2 unspecified atom stereocenters. The Hall–Kier alpha value is -2.09. The SMILES string of the molecule is O=C(C1Cc2nc[nH]c2CN1)N1CCN2C(=O)NCC2C1. The molecule has 2 saturated heterocycles. The number of imidazole rings is 1. The average molecular weight is 290 g/mol. The van der Waals surface area contributed by atoms with Gasteiger partial charge in [0.2, 0.25) is 5.91 Å². The summed E-state index contributed by atoms with van der Waals surface area (Å²) >= 11 is 0. The van der Waals surface area contributed by atoms with Gasteiger partial charge in [0, 0.05) is 39.1 Å². The lowest BCUT2D eigenvalue weighted by Gasteiger charge is -2.38. The Labute approximate surface area is 121 Å². The summed E-state index contributed by atoms with van der Waals surface area (Å²) in [5.74, 6) is 0.114. The fourth-order valence-corrected chi connectivity index (χ4v) is 3.37. The monoisotopic (exact) mass is 290 g/mol. The molecule has 21 heavy (non-hydrogen) atoms. The van der Waals surface area contributed by atoms with E-state index in [4.69, 9.17) is 0 Å². The lowest BCUT2D eigenvalue weighted by Crippen LogP contribution is -2.58. The smallest absolute Gasteiger partial charge is 0.317 e. The normalized spacial score (nSPS) is 28.1. The summed E-state index contributed by atoms with van der Waals surface area (Å²) in [6, 6.07) is -0.110. The quantitative estimate of drug-likeness (QED) is 0.597. The van der Waals surface area contributed by atoms with E-state index in [1.54, 1.807) is 6.33 Å². The molecule has 3 aliphatic heterocycles. The van der Waals surface area contributed by atoms with Crippen molar-refractivity contribution >= 4 is 11.9 Å². The van der Waals surface area contributed by atoms with Gasteiger partial charge in [0.25, 0.3) is 0 Å². The maximum atomic E-state index is 12.7. The number of urea groups is 1. The molecule has 2 atom stereocenters. The van der Waals surface area contributed by atoms with E-state index in [0.29, 0.717) is 39.1 Å². The topological polar surface area (TPSA) is 93.4 Å². The second-order valence-corrected chi connectivity index (χ2v) is 5.78. The Balaban J connectivity index is 1.43. The summed E-state index contributed by atoms with van der Waals surface area (Å²) < 4.78 is 0. The number of carbonyl (C=O) groups is 2. The van der Waals surface area contributed by atoms with Gasteiger partial charge in [0.1, 0.15) is 0 Å². The predicted octanol–water partition coefficient (Wildman–Crippen LogP) is -1.34. The molecule has 8 heteroatoms. The van der Waals surface area contributed by atoms with Crippen LogP contribution in [-0.2, 0) is 17.8 Å². The highest BCUT2D eigenvalue weighted by molar-refractivity contribution is 5.83. The molecule has 0 aliphatic carbocycles. The highest BCUT2D eigenvalue weighted by Gasteiger charge is 2.39. The Morgan fingerprint density at radius 2 is 2.29 bits per heavy atom. The number of hydrogen-bond donors (Lipinski definition) is 3. The van der Waals surface area contributed by atoms with Crippen molar-refractivity contribution in [1.29, 1.82) is 0 Å². The number of H-pyrrole nitrogens is 1. The molecule has 3 amide bonds. The van der Waals surface area contributed by atoms with Crippen molar-refractivity contribution in [1.82, 2.24) is 30.4 Å². The zero-order valence-corrected chi connectivity index (χ0v) is 11.6. The summed E-state index contributed by atoms with van der Waals surface area (Å²) in [4.78, 5) is 35.3. The molecule has 1 aromatic heterocycles. The molecule has 0 saturated carbocycles. The fraction of sp³-hybridized carbons (Fsp3) is 0.615. The van der Waals surface area contributed by atoms with Crippen molar-refractivity contribution in [2.75, 3.05) is 26.2 Å². The summed E-state index contributed by atoms with van der Waals surface area (Å²) in [7, 11) is 0. The third kappa shape index (κ3) is 2.06. The van der Waals surface area contributed by atoms with Gasteiger partial charge in [-0.3, -0.25) is 10.1 Å². The van der Waals surface area contributed by atoms with Crippen molar-refractivity contribution in [2.45, 2.75) is 25.0 Å². The van der Waals surface area contributed by atoms with Crippen LogP contribution in [0.15, 0.2) is 6.33 Å². The molecule has 8 nitrogen and oxygen atoms in total. The minimum Gasteiger partial charge on any atom is -0.347 e. The number of rotatable bonds is 1. The van der Waals surface area contributed by atoms with Gasteiger partial charge in [-0.25, -0.2) is 9.78 Å². The zero-order chi connectivity index (χ0) is 14.4. The van der Waals surface area contributed by atoms with Gasteiger partial charge in [-0.15, -0.1) is 0 Å². The van der Waals surface area contributed by atoms with Crippen LogP contribution in [0.1, 0.15) is 11.4 Å². The third-order valence-electron chi connectivity index (χ3n) is 4.57. The number of hydrogen-bond acceptors (Lipinski definition) is 4. The molecule has 2 fully saturated rings. The van der Waals surface area contributed by atoms with E-state index in [2.05, 4.69) is 20.6 Å². The third-order valence-corrected chi connectivity index (χ3v) is 4.57. The number of aromatic nitrogens is 2. The first-order valence-corrected chi connectivity index (χ1v) is 7.30. The minimum absolute atomic E-state index is 0.0101. The van der Waals surface area contributed by atoms with Crippen molar-refractivity contribution in [2.24, 2.45) is 0 Å². The lowest BCUT2D eigenvalue weighted by atomic mass is 10.0.